The zero-order valence-electron chi connectivity index (χ0n) is 11.3. The van der Waals surface area contributed by atoms with Crippen LogP contribution in [0.2, 0.25) is 0 Å². The summed E-state index contributed by atoms with van der Waals surface area (Å²) in [4.78, 5) is 0.676. The molecular weight excluding hydrogens is 262 g/mol. The molecule has 0 unspecified atom stereocenters. The number of benzene rings is 1. The van der Waals surface area contributed by atoms with Gasteiger partial charge in [-0.2, -0.15) is 0 Å². The molecule has 1 aliphatic heterocycles. The Morgan fingerprint density at radius 3 is 2.89 bits per heavy atom. The summed E-state index contributed by atoms with van der Waals surface area (Å²) in [5.74, 6) is 1.46. The van der Waals surface area contributed by atoms with Crippen molar-refractivity contribution in [3.8, 4) is 11.5 Å². The highest BCUT2D eigenvalue weighted by molar-refractivity contribution is 7.80. The summed E-state index contributed by atoms with van der Waals surface area (Å²) < 4.78 is 16.1. The van der Waals surface area contributed by atoms with E-state index in [4.69, 9.17) is 26.4 Å². The van der Waals surface area contributed by atoms with Crippen molar-refractivity contribution >= 4 is 17.2 Å². The molecule has 1 N–H and O–H groups in total. The molecule has 1 aromatic carbocycles. The lowest BCUT2D eigenvalue weighted by atomic mass is 10.1. The number of hydrogen-bond donors (Lipinski definition) is 1. The molecule has 19 heavy (non-hydrogen) atoms. The molecule has 1 aromatic rings. The third-order valence-corrected chi connectivity index (χ3v) is 3.53. The van der Waals surface area contributed by atoms with Crippen LogP contribution in [0.5, 0.6) is 11.5 Å². The van der Waals surface area contributed by atoms with Crippen molar-refractivity contribution in [1.82, 2.24) is 5.32 Å². The minimum Gasteiger partial charge on any atom is -0.497 e. The maximum Gasteiger partial charge on any atom is 0.132 e. The third-order valence-electron chi connectivity index (χ3n) is 3.17. The quantitative estimate of drug-likeness (QED) is 0.837. The van der Waals surface area contributed by atoms with E-state index in [1.165, 1.54) is 0 Å². The maximum absolute atomic E-state index is 5.56. The van der Waals surface area contributed by atoms with E-state index in [2.05, 4.69) is 5.32 Å². The lowest BCUT2D eigenvalue weighted by Crippen LogP contribution is -2.31. The predicted octanol–water partition coefficient (Wildman–Crippen LogP) is 2.15. The second-order valence-corrected chi connectivity index (χ2v) is 4.82. The first-order valence-electron chi connectivity index (χ1n) is 6.36. The smallest absolute Gasteiger partial charge is 0.132 e. The second kappa shape index (κ2) is 6.73. The van der Waals surface area contributed by atoms with Crippen molar-refractivity contribution in [1.29, 1.82) is 0 Å². The van der Waals surface area contributed by atoms with Crippen LogP contribution in [0.3, 0.4) is 0 Å². The van der Waals surface area contributed by atoms with Crippen molar-refractivity contribution in [2.24, 2.45) is 0 Å². The Hall–Kier alpha value is -1.33. The van der Waals surface area contributed by atoms with Gasteiger partial charge in [-0.25, -0.2) is 0 Å². The van der Waals surface area contributed by atoms with Crippen LogP contribution in [-0.2, 0) is 4.74 Å². The zero-order chi connectivity index (χ0) is 13.7. The van der Waals surface area contributed by atoms with Crippen molar-refractivity contribution < 1.29 is 14.2 Å². The molecule has 1 fully saturated rings. The molecule has 0 aromatic heterocycles. The topological polar surface area (TPSA) is 39.7 Å². The molecule has 1 atom stereocenters. The first-order chi connectivity index (χ1) is 9.24. The fraction of sp³-hybridized carbons (Fsp3) is 0.500. The zero-order valence-corrected chi connectivity index (χ0v) is 12.1. The van der Waals surface area contributed by atoms with E-state index in [-0.39, 0.29) is 6.10 Å². The molecule has 0 spiro atoms. The third kappa shape index (κ3) is 3.58. The van der Waals surface area contributed by atoms with Gasteiger partial charge in [-0.05, 0) is 25.0 Å². The number of thiocarbonyl (C=S) groups is 1. The van der Waals surface area contributed by atoms with Gasteiger partial charge < -0.3 is 19.5 Å². The van der Waals surface area contributed by atoms with Crippen molar-refractivity contribution in [2.75, 3.05) is 27.4 Å². The summed E-state index contributed by atoms with van der Waals surface area (Å²) in [5, 5.41) is 3.24. The van der Waals surface area contributed by atoms with Gasteiger partial charge in [-0.15, -0.1) is 0 Å². The lowest BCUT2D eigenvalue weighted by Gasteiger charge is -2.15. The summed E-state index contributed by atoms with van der Waals surface area (Å²) >= 11 is 5.40. The molecule has 0 saturated carbocycles. The number of hydrogen-bond acceptors (Lipinski definition) is 4. The van der Waals surface area contributed by atoms with Crippen LogP contribution >= 0.6 is 12.2 Å². The first-order valence-corrected chi connectivity index (χ1v) is 6.77. The van der Waals surface area contributed by atoms with Gasteiger partial charge in [0, 0.05) is 19.2 Å². The van der Waals surface area contributed by atoms with Gasteiger partial charge in [0.2, 0.25) is 0 Å². The van der Waals surface area contributed by atoms with Crippen LogP contribution < -0.4 is 14.8 Å². The maximum atomic E-state index is 5.56. The fourth-order valence-electron chi connectivity index (χ4n) is 2.09. The molecule has 104 valence electrons. The minimum absolute atomic E-state index is 0.266. The summed E-state index contributed by atoms with van der Waals surface area (Å²) in [6, 6.07) is 5.61. The standard InChI is InChI=1S/C14H19NO3S/c1-16-10-5-6-12(13(8-10)17-2)14(19)15-9-11-4-3-7-18-11/h5-6,8,11H,3-4,7,9H2,1-2H3,(H,15,19)/t11-/m0/s1. The Morgan fingerprint density at radius 2 is 2.26 bits per heavy atom. The molecular formula is C14H19NO3S. The molecule has 0 amide bonds. The van der Waals surface area contributed by atoms with Crippen LogP contribution in [0.4, 0.5) is 0 Å². The summed E-state index contributed by atoms with van der Waals surface area (Å²) in [7, 11) is 3.25. The number of nitrogens with one attached hydrogen (secondary N) is 1. The highest BCUT2D eigenvalue weighted by atomic mass is 32.1. The summed E-state index contributed by atoms with van der Waals surface area (Å²) in [5.41, 5.74) is 0.872. The highest BCUT2D eigenvalue weighted by Crippen LogP contribution is 2.24. The molecule has 0 bridgehead atoms. The Labute approximate surface area is 119 Å². The average molecular weight is 281 g/mol. The number of rotatable bonds is 5. The Balaban J connectivity index is 2.01. The molecule has 4 nitrogen and oxygen atoms in total. The van der Waals surface area contributed by atoms with Gasteiger partial charge in [-0.1, -0.05) is 12.2 Å². The number of ether oxygens (including phenoxy) is 3. The Kier molecular flexibility index (Phi) is 4.99. The van der Waals surface area contributed by atoms with E-state index in [0.717, 1.165) is 37.3 Å². The van der Waals surface area contributed by atoms with Gasteiger partial charge >= 0.3 is 0 Å². The summed E-state index contributed by atoms with van der Waals surface area (Å²) in [6.07, 6.45) is 2.49. The second-order valence-electron chi connectivity index (χ2n) is 4.41. The van der Waals surface area contributed by atoms with Crippen LogP contribution in [0.15, 0.2) is 18.2 Å². The molecule has 5 heteroatoms. The van der Waals surface area contributed by atoms with Crippen LogP contribution in [0.25, 0.3) is 0 Å². The van der Waals surface area contributed by atoms with Gasteiger partial charge in [0.05, 0.1) is 25.9 Å². The predicted molar refractivity (Wildman–Crippen MR) is 78.2 cm³/mol. The monoisotopic (exact) mass is 281 g/mol. The molecule has 1 saturated heterocycles. The van der Waals surface area contributed by atoms with Gasteiger partial charge in [0.15, 0.2) is 0 Å². The molecule has 1 aliphatic rings. The van der Waals surface area contributed by atoms with E-state index in [1.54, 1.807) is 14.2 Å². The normalized spacial score (nSPS) is 18.1. The SMILES string of the molecule is COc1ccc(C(=S)NC[C@@H]2CCCO2)c(OC)c1. The average Bonchev–Trinajstić information content (AvgIpc) is 2.97. The van der Waals surface area contributed by atoms with E-state index in [0.29, 0.717) is 10.7 Å². The molecule has 2 rings (SSSR count). The van der Waals surface area contributed by atoms with Crippen LogP contribution in [-0.4, -0.2) is 38.5 Å². The van der Waals surface area contributed by atoms with Crippen molar-refractivity contribution in [3.05, 3.63) is 23.8 Å². The molecule has 0 radical (unpaired) electrons. The lowest BCUT2D eigenvalue weighted by molar-refractivity contribution is 0.114. The first kappa shape index (κ1) is 14.1. The Bertz CT molecular complexity index is 444. The largest absolute Gasteiger partial charge is 0.497 e. The summed E-state index contributed by atoms with van der Waals surface area (Å²) in [6.45, 7) is 1.60. The van der Waals surface area contributed by atoms with Gasteiger partial charge in [0.25, 0.3) is 0 Å². The molecule has 1 heterocycles. The van der Waals surface area contributed by atoms with E-state index >= 15 is 0 Å². The van der Waals surface area contributed by atoms with E-state index in [1.807, 2.05) is 18.2 Å². The highest BCUT2D eigenvalue weighted by Gasteiger charge is 2.16. The number of methoxy groups -OCH3 is 2. The van der Waals surface area contributed by atoms with E-state index < -0.39 is 0 Å². The minimum atomic E-state index is 0.266. The van der Waals surface area contributed by atoms with E-state index in [9.17, 15) is 0 Å². The van der Waals surface area contributed by atoms with Crippen LogP contribution in [0, 0.1) is 0 Å². The van der Waals surface area contributed by atoms with Gasteiger partial charge in [-0.3, -0.25) is 0 Å². The van der Waals surface area contributed by atoms with Crippen molar-refractivity contribution in [3.63, 3.8) is 0 Å². The van der Waals surface area contributed by atoms with Crippen molar-refractivity contribution in [2.45, 2.75) is 18.9 Å². The van der Waals surface area contributed by atoms with Gasteiger partial charge in [0.1, 0.15) is 16.5 Å². The molecule has 0 aliphatic carbocycles. The Morgan fingerprint density at radius 1 is 1.42 bits per heavy atom. The fourth-order valence-corrected chi connectivity index (χ4v) is 2.35. The van der Waals surface area contributed by atoms with Crippen LogP contribution in [0.1, 0.15) is 18.4 Å².